The number of carbonyl (C=O) groups is 2. The topological polar surface area (TPSA) is 71.1 Å². The van der Waals surface area contributed by atoms with Crippen molar-refractivity contribution in [1.82, 2.24) is 0 Å². The number of rotatable bonds is 10. The summed E-state index contributed by atoms with van der Waals surface area (Å²) in [7, 11) is 0. The highest BCUT2D eigenvalue weighted by molar-refractivity contribution is 5.87. The van der Waals surface area contributed by atoms with E-state index in [1.54, 1.807) is 36.4 Å². The van der Waals surface area contributed by atoms with Gasteiger partial charge in [0.05, 0.1) is 0 Å². The number of carbonyl (C=O) groups excluding carboxylic acids is 2. The van der Waals surface area contributed by atoms with Gasteiger partial charge >= 0.3 is 11.9 Å². The van der Waals surface area contributed by atoms with Crippen LogP contribution in [0.3, 0.4) is 0 Å². The van der Waals surface area contributed by atoms with Crippen LogP contribution in [0, 0.1) is 11.6 Å². The van der Waals surface area contributed by atoms with E-state index in [1.165, 1.54) is 25.3 Å². The van der Waals surface area contributed by atoms with Crippen molar-refractivity contribution in [2.24, 2.45) is 0 Å². The van der Waals surface area contributed by atoms with Crippen LogP contribution in [-0.4, -0.2) is 11.9 Å². The molecule has 0 N–H and O–H groups in total. The Labute approximate surface area is 212 Å². The molecule has 0 aliphatic heterocycles. The van der Waals surface area contributed by atoms with E-state index in [0.717, 1.165) is 36.0 Å². The lowest BCUT2D eigenvalue weighted by Gasteiger charge is -2.09. The van der Waals surface area contributed by atoms with Crippen LogP contribution in [0.1, 0.15) is 6.92 Å². The highest BCUT2D eigenvalue weighted by atomic mass is 19.2. The number of benzene rings is 3. The van der Waals surface area contributed by atoms with Crippen LogP contribution in [0.5, 0.6) is 11.5 Å². The Balaban J connectivity index is 1.65. The van der Waals surface area contributed by atoms with E-state index in [2.05, 4.69) is 17.9 Å². The van der Waals surface area contributed by atoms with E-state index in [9.17, 15) is 18.4 Å². The monoisotopic (exact) mass is 504 g/mol. The third-order valence-electron chi connectivity index (χ3n) is 4.82. The van der Waals surface area contributed by atoms with Crippen LogP contribution in [0.2, 0.25) is 0 Å². The van der Waals surface area contributed by atoms with Gasteiger partial charge in [0, 0.05) is 17.2 Å². The molecule has 0 radical (unpaired) electrons. The highest BCUT2D eigenvalue weighted by Gasteiger charge is 2.15. The minimum Gasteiger partial charge on any atom is -0.462 e. The van der Waals surface area contributed by atoms with Crippen LogP contribution in [0.15, 0.2) is 111 Å². The fourth-order valence-corrected chi connectivity index (χ4v) is 2.95. The minimum absolute atomic E-state index is 0.0568. The molecular formula is C29H22F2O6. The van der Waals surface area contributed by atoms with Crippen LogP contribution < -0.4 is 9.47 Å². The molecule has 3 aromatic rings. The summed E-state index contributed by atoms with van der Waals surface area (Å²) >= 11 is 0. The van der Waals surface area contributed by atoms with Gasteiger partial charge in [0.15, 0.2) is 11.6 Å². The van der Waals surface area contributed by atoms with Gasteiger partial charge in [0.1, 0.15) is 30.8 Å². The van der Waals surface area contributed by atoms with Gasteiger partial charge in [0.25, 0.3) is 0 Å². The first-order chi connectivity index (χ1) is 17.8. The molecule has 3 rings (SSSR count). The first-order valence-corrected chi connectivity index (χ1v) is 10.8. The van der Waals surface area contributed by atoms with Crippen LogP contribution >= 0.6 is 0 Å². The summed E-state index contributed by atoms with van der Waals surface area (Å²) in [5.74, 6) is -3.37. The minimum atomic E-state index is -1.18. The van der Waals surface area contributed by atoms with Gasteiger partial charge < -0.3 is 18.9 Å². The Morgan fingerprint density at radius 2 is 1.30 bits per heavy atom. The van der Waals surface area contributed by atoms with Crippen molar-refractivity contribution < 1.29 is 37.3 Å². The number of hydrogen-bond donors (Lipinski definition) is 0. The maximum absolute atomic E-state index is 14.7. The van der Waals surface area contributed by atoms with E-state index in [0.29, 0.717) is 11.3 Å². The zero-order valence-electron chi connectivity index (χ0n) is 19.8. The second kappa shape index (κ2) is 12.6. The Kier molecular flexibility index (Phi) is 9.10. The van der Waals surface area contributed by atoms with Gasteiger partial charge in [-0.15, -0.1) is 0 Å². The summed E-state index contributed by atoms with van der Waals surface area (Å²) in [5, 5.41) is 0. The summed E-state index contributed by atoms with van der Waals surface area (Å²) in [4.78, 5) is 22.3. The molecule has 0 saturated heterocycles. The second-order valence-corrected chi connectivity index (χ2v) is 7.45. The molecule has 0 aromatic heterocycles. The summed E-state index contributed by atoms with van der Waals surface area (Å²) < 4.78 is 48.9. The zero-order valence-corrected chi connectivity index (χ0v) is 19.8. The van der Waals surface area contributed by atoms with Gasteiger partial charge in [-0.05, 0) is 47.9 Å². The number of esters is 2. The van der Waals surface area contributed by atoms with Gasteiger partial charge in [-0.25, -0.2) is 14.0 Å². The number of halogens is 2. The molecule has 0 bridgehead atoms. The van der Waals surface area contributed by atoms with Gasteiger partial charge in [-0.2, -0.15) is 4.39 Å². The standard InChI is InChI=1S/C29H22F2O6/c1-4-26(32)36-17-16-35-25-14-13-24(27(30)28(25)31)22-7-5-20(6-8-22)21-9-11-23(12-10-21)34-15-18-37-29(33)19(2)3/h4-18H,1-2H2,3H3/b17-16-,18-15-. The fourth-order valence-electron chi connectivity index (χ4n) is 2.95. The molecule has 188 valence electrons. The zero-order chi connectivity index (χ0) is 26.8. The van der Waals surface area contributed by atoms with E-state index in [4.69, 9.17) is 14.2 Å². The molecule has 0 spiro atoms. The Morgan fingerprint density at radius 3 is 1.92 bits per heavy atom. The van der Waals surface area contributed by atoms with E-state index in [1.807, 2.05) is 12.1 Å². The number of hydrogen-bond acceptors (Lipinski definition) is 6. The third-order valence-corrected chi connectivity index (χ3v) is 4.82. The number of ether oxygens (including phenoxy) is 4. The van der Waals surface area contributed by atoms with Crippen LogP contribution in [0.25, 0.3) is 22.3 Å². The largest absolute Gasteiger partial charge is 0.462 e. The van der Waals surface area contributed by atoms with E-state index in [-0.39, 0.29) is 16.9 Å². The normalized spacial score (nSPS) is 10.8. The molecule has 37 heavy (non-hydrogen) atoms. The van der Waals surface area contributed by atoms with Crippen molar-refractivity contribution in [3.8, 4) is 33.8 Å². The van der Waals surface area contributed by atoms with Crippen LogP contribution in [-0.2, 0) is 19.1 Å². The Morgan fingerprint density at radius 1 is 0.730 bits per heavy atom. The Hall–Kier alpha value is -4.98. The lowest BCUT2D eigenvalue weighted by molar-refractivity contribution is -0.134. The van der Waals surface area contributed by atoms with Crippen molar-refractivity contribution in [3.05, 3.63) is 122 Å². The molecule has 8 heteroatoms. The summed E-state index contributed by atoms with van der Waals surface area (Å²) in [5.41, 5.74) is 2.52. The molecule has 6 nitrogen and oxygen atoms in total. The summed E-state index contributed by atoms with van der Waals surface area (Å²) in [6.45, 7) is 8.24. The molecule has 0 unspecified atom stereocenters. The molecule has 0 fully saturated rings. The second-order valence-electron chi connectivity index (χ2n) is 7.45. The SMILES string of the molecule is C=CC(=O)O/C=C\Oc1ccc(-c2ccc(-c3ccc(O/C=C\OC(=O)C(=C)C)cc3)cc2)c(F)c1F. The average Bonchev–Trinajstić information content (AvgIpc) is 2.91. The highest BCUT2D eigenvalue weighted by Crippen LogP contribution is 2.32. The molecule has 3 aromatic carbocycles. The average molecular weight is 504 g/mol. The van der Waals surface area contributed by atoms with Crippen molar-refractivity contribution in [2.45, 2.75) is 6.92 Å². The quantitative estimate of drug-likeness (QED) is 0.171. The van der Waals surface area contributed by atoms with E-state index >= 15 is 0 Å². The maximum atomic E-state index is 14.7. The molecule has 0 aliphatic rings. The van der Waals surface area contributed by atoms with Crippen molar-refractivity contribution in [3.63, 3.8) is 0 Å². The smallest absolute Gasteiger partial charge is 0.338 e. The Bertz CT molecular complexity index is 1360. The first-order valence-electron chi connectivity index (χ1n) is 10.8. The lowest BCUT2D eigenvalue weighted by Crippen LogP contribution is -1.99. The van der Waals surface area contributed by atoms with Crippen LogP contribution in [0.4, 0.5) is 8.78 Å². The van der Waals surface area contributed by atoms with Crippen molar-refractivity contribution in [1.29, 1.82) is 0 Å². The van der Waals surface area contributed by atoms with Gasteiger partial charge in [0.2, 0.25) is 5.82 Å². The molecular weight excluding hydrogens is 482 g/mol. The summed E-state index contributed by atoms with van der Waals surface area (Å²) in [6, 6.07) is 16.7. The first kappa shape index (κ1) is 26.6. The maximum Gasteiger partial charge on any atom is 0.338 e. The predicted molar refractivity (Wildman–Crippen MR) is 134 cm³/mol. The van der Waals surface area contributed by atoms with Gasteiger partial charge in [-0.3, -0.25) is 0 Å². The molecule has 0 aliphatic carbocycles. The predicted octanol–water partition coefficient (Wildman–Crippen LogP) is 6.85. The fraction of sp³-hybridized carbons (Fsp3) is 0.0345. The molecule has 0 amide bonds. The molecule has 0 saturated carbocycles. The third kappa shape index (κ3) is 7.25. The lowest BCUT2D eigenvalue weighted by atomic mass is 9.99. The molecule has 0 heterocycles. The summed E-state index contributed by atoms with van der Waals surface area (Å²) in [6.07, 6.45) is 5.12. The van der Waals surface area contributed by atoms with Crippen molar-refractivity contribution >= 4 is 11.9 Å². The molecule has 0 atom stereocenters. The van der Waals surface area contributed by atoms with Crippen molar-refractivity contribution in [2.75, 3.05) is 0 Å². The van der Waals surface area contributed by atoms with Gasteiger partial charge in [-0.1, -0.05) is 49.6 Å². The van der Waals surface area contributed by atoms with E-state index < -0.39 is 23.6 Å².